The maximum Gasteiger partial charge on any atom is 0.251 e. The third kappa shape index (κ3) is 4.02. The van der Waals surface area contributed by atoms with E-state index in [9.17, 15) is 9.18 Å². The van der Waals surface area contributed by atoms with E-state index in [0.29, 0.717) is 5.95 Å². The van der Waals surface area contributed by atoms with Gasteiger partial charge in [-0.1, -0.05) is 6.07 Å². The van der Waals surface area contributed by atoms with Crippen molar-refractivity contribution >= 4 is 11.6 Å². The van der Waals surface area contributed by atoms with Crippen molar-refractivity contribution in [3.63, 3.8) is 0 Å². The molecule has 0 bridgehead atoms. The van der Waals surface area contributed by atoms with E-state index in [4.69, 9.17) is 0 Å². The second kappa shape index (κ2) is 7.26. The molecule has 7 heteroatoms. The quantitative estimate of drug-likeness (QED) is 0.766. The molecule has 0 fully saturated rings. The summed E-state index contributed by atoms with van der Waals surface area (Å²) in [5, 5.41) is 7.11. The lowest BCUT2D eigenvalue weighted by Crippen LogP contribution is -2.16. The molecule has 2 heterocycles. The predicted molar refractivity (Wildman–Crippen MR) is 102 cm³/mol. The number of benzene rings is 1. The van der Waals surface area contributed by atoms with Crippen LogP contribution in [0, 0.1) is 40.4 Å². The van der Waals surface area contributed by atoms with Crippen molar-refractivity contribution < 1.29 is 9.18 Å². The second-order valence-electron chi connectivity index (χ2n) is 6.72. The molecule has 0 atom stereocenters. The minimum absolute atomic E-state index is 0.0930. The monoisotopic (exact) mass is 367 g/mol. The van der Waals surface area contributed by atoms with Crippen LogP contribution >= 0.6 is 0 Å². The molecule has 0 saturated heterocycles. The molecule has 0 aliphatic rings. The number of nitrogens with zero attached hydrogens (tertiary/aromatic N) is 4. The minimum atomic E-state index is -0.448. The van der Waals surface area contributed by atoms with Gasteiger partial charge in [0.15, 0.2) is 0 Å². The van der Waals surface area contributed by atoms with Crippen molar-refractivity contribution in [3.8, 4) is 5.95 Å². The average molecular weight is 367 g/mol. The number of hydrogen-bond donors (Lipinski definition) is 1. The van der Waals surface area contributed by atoms with Gasteiger partial charge < -0.3 is 5.32 Å². The van der Waals surface area contributed by atoms with E-state index in [1.807, 2.05) is 33.8 Å². The summed E-state index contributed by atoms with van der Waals surface area (Å²) >= 11 is 0. The molecule has 0 radical (unpaired) electrons. The number of rotatable bonds is 4. The molecule has 27 heavy (non-hydrogen) atoms. The van der Waals surface area contributed by atoms with Crippen molar-refractivity contribution in [2.75, 3.05) is 5.32 Å². The van der Waals surface area contributed by atoms with Gasteiger partial charge >= 0.3 is 0 Å². The average Bonchev–Trinajstić information content (AvgIpc) is 2.85. The lowest BCUT2D eigenvalue weighted by Gasteiger charge is -2.08. The zero-order chi connectivity index (χ0) is 19.7. The number of amides is 1. The maximum atomic E-state index is 14.0. The van der Waals surface area contributed by atoms with Gasteiger partial charge in [-0.25, -0.2) is 19.0 Å². The zero-order valence-corrected chi connectivity index (χ0v) is 16.1. The first-order valence-electron chi connectivity index (χ1n) is 8.68. The van der Waals surface area contributed by atoms with Crippen LogP contribution in [0.25, 0.3) is 5.95 Å². The summed E-state index contributed by atoms with van der Waals surface area (Å²) in [4.78, 5) is 21.3. The molecule has 3 rings (SSSR count). The van der Waals surface area contributed by atoms with Crippen LogP contribution in [-0.4, -0.2) is 25.7 Å². The summed E-state index contributed by atoms with van der Waals surface area (Å²) in [6, 6.07) is 6.60. The Morgan fingerprint density at radius 2 is 1.74 bits per heavy atom. The molecular formula is C20H22FN5O. The standard InChI is InChI=1S/C20H22FN5O/c1-11-6-7-18(17(21)8-11)24-19(27)10-16-14(4)25-26(15(16)5)20-22-12(2)9-13(3)23-20/h6-9H,10H2,1-5H3,(H,24,27). The third-order valence-corrected chi connectivity index (χ3v) is 4.34. The second-order valence-corrected chi connectivity index (χ2v) is 6.72. The maximum absolute atomic E-state index is 14.0. The van der Waals surface area contributed by atoms with Crippen molar-refractivity contribution in [2.24, 2.45) is 0 Å². The summed E-state index contributed by atoms with van der Waals surface area (Å²) in [6.07, 6.45) is 0.0930. The highest BCUT2D eigenvalue weighted by Crippen LogP contribution is 2.19. The number of aryl methyl sites for hydroxylation is 4. The summed E-state index contributed by atoms with van der Waals surface area (Å²) in [6.45, 7) is 9.30. The molecular weight excluding hydrogens is 345 g/mol. The van der Waals surface area contributed by atoms with Crippen molar-refractivity contribution in [1.29, 1.82) is 0 Å². The van der Waals surface area contributed by atoms with E-state index in [-0.39, 0.29) is 18.0 Å². The first-order chi connectivity index (χ1) is 12.7. The Kier molecular flexibility index (Phi) is 5.03. The van der Waals surface area contributed by atoms with Gasteiger partial charge in [0.05, 0.1) is 17.8 Å². The van der Waals surface area contributed by atoms with Crippen LogP contribution in [0.3, 0.4) is 0 Å². The summed E-state index contributed by atoms with van der Waals surface area (Å²) in [5.74, 6) is -0.273. The van der Waals surface area contributed by atoms with E-state index >= 15 is 0 Å². The van der Waals surface area contributed by atoms with Gasteiger partial charge in [-0.3, -0.25) is 4.79 Å². The lowest BCUT2D eigenvalue weighted by atomic mass is 10.1. The van der Waals surface area contributed by atoms with Crippen molar-refractivity contribution in [2.45, 2.75) is 41.0 Å². The van der Waals surface area contributed by atoms with E-state index in [1.54, 1.807) is 23.7 Å². The minimum Gasteiger partial charge on any atom is -0.323 e. The first kappa shape index (κ1) is 18.7. The number of carbonyl (C=O) groups is 1. The smallest absolute Gasteiger partial charge is 0.251 e. The van der Waals surface area contributed by atoms with E-state index in [2.05, 4.69) is 20.4 Å². The first-order valence-corrected chi connectivity index (χ1v) is 8.68. The molecule has 0 spiro atoms. The van der Waals surface area contributed by atoms with Crippen LogP contribution in [0.5, 0.6) is 0 Å². The number of hydrogen-bond acceptors (Lipinski definition) is 4. The number of carbonyl (C=O) groups excluding carboxylic acids is 1. The summed E-state index contributed by atoms with van der Waals surface area (Å²) in [5.41, 5.74) is 4.95. The number of anilines is 1. The molecule has 6 nitrogen and oxygen atoms in total. The molecule has 1 N–H and O–H groups in total. The number of nitrogens with one attached hydrogen (secondary N) is 1. The van der Waals surface area contributed by atoms with Crippen LogP contribution < -0.4 is 5.32 Å². The highest BCUT2D eigenvalue weighted by molar-refractivity contribution is 5.92. The molecule has 140 valence electrons. The Morgan fingerprint density at radius 3 is 2.37 bits per heavy atom. The molecule has 0 saturated carbocycles. The van der Waals surface area contributed by atoms with Crippen molar-refractivity contribution in [1.82, 2.24) is 19.7 Å². The molecule has 1 aromatic carbocycles. The van der Waals surface area contributed by atoms with E-state index in [0.717, 1.165) is 33.9 Å². The van der Waals surface area contributed by atoms with Crippen LogP contribution in [0.2, 0.25) is 0 Å². The third-order valence-electron chi connectivity index (χ3n) is 4.34. The van der Waals surface area contributed by atoms with Crippen LogP contribution in [0.4, 0.5) is 10.1 Å². The van der Waals surface area contributed by atoms with Gasteiger partial charge in [0.2, 0.25) is 5.91 Å². The molecule has 1 amide bonds. The van der Waals surface area contributed by atoms with Gasteiger partial charge in [0, 0.05) is 22.6 Å². The summed E-state index contributed by atoms with van der Waals surface area (Å²) < 4.78 is 15.6. The normalized spacial score (nSPS) is 10.9. The Balaban J connectivity index is 1.85. The fourth-order valence-corrected chi connectivity index (χ4v) is 3.00. The Morgan fingerprint density at radius 1 is 1.07 bits per heavy atom. The van der Waals surface area contributed by atoms with Gasteiger partial charge in [0.25, 0.3) is 5.95 Å². The Labute approximate surface area is 157 Å². The molecule has 3 aromatic rings. The Bertz CT molecular complexity index is 1010. The zero-order valence-electron chi connectivity index (χ0n) is 16.1. The van der Waals surface area contributed by atoms with Crippen LogP contribution in [0.1, 0.15) is 33.9 Å². The van der Waals surface area contributed by atoms with Crippen LogP contribution in [0.15, 0.2) is 24.3 Å². The van der Waals surface area contributed by atoms with Gasteiger partial charge in [-0.2, -0.15) is 5.10 Å². The van der Waals surface area contributed by atoms with Gasteiger partial charge in [0.1, 0.15) is 5.82 Å². The van der Waals surface area contributed by atoms with Crippen molar-refractivity contribution in [3.05, 3.63) is 64.0 Å². The number of aromatic nitrogens is 4. The SMILES string of the molecule is Cc1ccc(NC(=O)Cc2c(C)nn(-c3nc(C)cc(C)n3)c2C)c(F)c1. The fourth-order valence-electron chi connectivity index (χ4n) is 3.00. The van der Waals surface area contributed by atoms with Crippen LogP contribution in [-0.2, 0) is 11.2 Å². The largest absolute Gasteiger partial charge is 0.323 e. The molecule has 0 aliphatic carbocycles. The van der Waals surface area contributed by atoms with Gasteiger partial charge in [-0.05, 0) is 58.4 Å². The van der Waals surface area contributed by atoms with E-state index in [1.165, 1.54) is 6.07 Å². The highest BCUT2D eigenvalue weighted by atomic mass is 19.1. The number of halogens is 1. The highest BCUT2D eigenvalue weighted by Gasteiger charge is 2.18. The molecule has 0 aliphatic heterocycles. The lowest BCUT2D eigenvalue weighted by molar-refractivity contribution is -0.115. The predicted octanol–water partition coefficient (Wildman–Crippen LogP) is 3.52. The molecule has 0 unspecified atom stereocenters. The topological polar surface area (TPSA) is 72.7 Å². The Hall–Kier alpha value is -3.09. The fraction of sp³-hybridized carbons (Fsp3) is 0.300. The molecule has 2 aromatic heterocycles. The van der Waals surface area contributed by atoms with E-state index < -0.39 is 5.82 Å². The van der Waals surface area contributed by atoms with Gasteiger partial charge in [-0.15, -0.1) is 0 Å². The summed E-state index contributed by atoms with van der Waals surface area (Å²) in [7, 11) is 0.